The van der Waals surface area contributed by atoms with Crippen LogP contribution in [0.25, 0.3) is 0 Å². The number of hydrogen-bond acceptors (Lipinski definition) is 5. The Kier molecular flexibility index (Phi) is 6.92. The first-order valence-corrected chi connectivity index (χ1v) is 7.44. The van der Waals surface area contributed by atoms with Crippen LogP contribution in [0.5, 0.6) is 0 Å². The van der Waals surface area contributed by atoms with E-state index in [-0.39, 0.29) is 29.6 Å². The van der Waals surface area contributed by atoms with Crippen LogP contribution in [0.3, 0.4) is 0 Å². The second kappa shape index (κ2) is 7.96. The minimum Gasteiger partial charge on any atom is -0.468 e. The van der Waals surface area contributed by atoms with Crippen molar-refractivity contribution in [2.24, 2.45) is 11.3 Å². The molecule has 20 heavy (non-hydrogen) atoms. The Bertz CT molecular complexity index is 296. The highest BCUT2D eigenvalue weighted by molar-refractivity contribution is 5.75. The molecule has 0 bridgehead atoms. The Morgan fingerprint density at radius 2 is 2.00 bits per heavy atom. The van der Waals surface area contributed by atoms with Crippen LogP contribution in [0.15, 0.2) is 0 Å². The molecule has 0 spiro atoms. The van der Waals surface area contributed by atoms with Gasteiger partial charge in [-0.05, 0) is 5.92 Å². The van der Waals surface area contributed by atoms with Gasteiger partial charge in [-0.2, -0.15) is 0 Å². The Hall–Kier alpha value is -0.650. The van der Waals surface area contributed by atoms with Gasteiger partial charge >= 0.3 is 5.97 Å². The lowest BCUT2D eigenvalue weighted by molar-refractivity contribution is -0.223. The van der Waals surface area contributed by atoms with Gasteiger partial charge in [-0.3, -0.25) is 4.79 Å². The summed E-state index contributed by atoms with van der Waals surface area (Å²) in [6.45, 7) is 10.5. The number of carbonyl (C=O) groups is 1. The summed E-state index contributed by atoms with van der Waals surface area (Å²) in [4.78, 5) is 11.7. The van der Waals surface area contributed by atoms with Crippen LogP contribution in [0, 0.1) is 11.3 Å². The summed E-state index contributed by atoms with van der Waals surface area (Å²) in [6.07, 6.45) is 1.49. The Balaban J connectivity index is 2.32. The summed E-state index contributed by atoms with van der Waals surface area (Å²) in [7, 11) is 1.43. The maximum atomic E-state index is 11.7. The van der Waals surface area contributed by atoms with Gasteiger partial charge in [0, 0.05) is 18.4 Å². The summed E-state index contributed by atoms with van der Waals surface area (Å²) in [5.41, 5.74) is 0.0925. The molecule has 1 saturated heterocycles. The van der Waals surface area contributed by atoms with Gasteiger partial charge < -0.3 is 19.5 Å². The number of methoxy groups -OCH3 is 1. The topological polar surface area (TPSA) is 56.8 Å². The van der Waals surface area contributed by atoms with E-state index in [0.717, 1.165) is 12.8 Å². The van der Waals surface area contributed by atoms with E-state index in [1.54, 1.807) is 0 Å². The summed E-state index contributed by atoms with van der Waals surface area (Å²) in [6, 6.07) is -0.259. The third-order valence-electron chi connectivity index (χ3n) is 3.73. The Morgan fingerprint density at radius 3 is 2.50 bits per heavy atom. The van der Waals surface area contributed by atoms with Crippen molar-refractivity contribution in [1.29, 1.82) is 0 Å². The lowest BCUT2D eigenvalue weighted by atomic mass is 9.95. The second-order valence-electron chi connectivity index (χ2n) is 6.34. The summed E-state index contributed by atoms with van der Waals surface area (Å²) >= 11 is 0. The highest BCUT2D eigenvalue weighted by Gasteiger charge is 2.29. The largest absolute Gasteiger partial charge is 0.468 e. The summed E-state index contributed by atoms with van der Waals surface area (Å²) < 4.78 is 16.2. The molecule has 1 fully saturated rings. The molecule has 0 saturated carbocycles. The van der Waals surface area contributed by atoms with Crippen LogP contribution < -0.4 is 5.32 Å². The van der Waals surface area contributed by atoms with Gasteiger partial charge in [0.05, 0.1) is 20.3 Å². The van der Waals surface area contributed by atoms with E-state index in [2.05, 4.69) is 26.1 Å². The predicted octanol–water partition coefficient (Wildman–Crippen LogP) is 1.95. The zero-order valence-corrected chi connectivity index (χ0v) is 13.4. The van der Waals surface area contributed by atoms with Crippen LogP contribution in [-0.4, -0.2) is 45.2 Å². The zero-order chi connectivity index (χ0) is 15.2. The molecule has 1 aliphatic rings. The number of carbonyl (C=O) groups excluding carboxylic acids is 1. The molecule has 0 aromatic carbocycles. The zero-order valence-electron chi connectivity index (χ0n) is 13.4. The normalized spacial score (nSPS) is 22.2. The molecule has 1 N–H and O–H groups in total. The highest BCUT2D eigenvalue weighted by atomic mass is 16.7. The minimum atomic E-state index is -0.259. The van der Waals surface area contributed by atoms with E-state index in [1.165, 1.54) is 7.11 Å². The quantitative estimate of drug-likeness (QED) is 0.725. The molecule has 5 heteroatoms. The van der Waals surface area contributed by atoms with Crippen molar-refractivity contribution in [1.82, 2.24) is 5.32 Å². The van der Waals surface area contributed by atoms with Crippen molar-refractivity contribution in [3.63, 3.8) is 0 Å². The molecular formula is C15H29NO4. The summed E-state index contributed by atoms with van der Waals surface area (Å²) in [5.74, 6) is 0.0422. The van der Waals surface area contributed by atoms with Gasteiger partial charge in [-0.25, -0.2) is 0 Å². The number of ether oxygens (including phenoxy) is 3. The lowest BCUT2D eigenvalue weighted by Crippen LogP contribution is -2.45. The van der Waals surface area contributed by atoms with Gasteiger partial charge in [0.25, 0.3) is 0 Å². The molecule has 0 amide bonds. The van der Waals surface area contributed by atoms with Crippen molar-refractivity contribution in [2.75, 3.05) is 26.9 Å². The molecule has 118 valence electrons. The maximum absolute atomic E-state index is 11.7. The number of esters is 1. The molecule has 1 rings (SSSR count). The minimum absolute atomic E-state index is 0.0925. The molecule has 0 aromatic rings. The fourth-order valence-electron chi connectivity index (χ4n) is 2.13. The van der Waals surface area contributed by atoms with E-state index < -0.39 is 0 Å². The molecular weight excluding hydrogens is 258 g/mol. The van der Waals surface area contributed by atoms with Gasteiger partial charge in [-0.15, -0.1) is 0 Å². The van der Waals surface area contributed by atoms with Crippen molar-refractivity contribution in [3.05, 3.63) is 0 Å². The van der Waals surface area contributed by atoms with Crippen LogP contribution in [0.4, 0.5) is 0 Å². The number of nitrogens with one attached hydrogen (secondary N) is 1. The fraction of sp³-hybridized carbons (Fsp3) is 0.933. The molecule has 5 nitrogen and oxygen atoms in total. The molecule has 0 radical (unpaired) electrons. The SMILES string of the molecule is CC[C@H](C)[C@H](NCCC1OCC(C)(C)CO1)C(=O)OC. The van der Waals surface area contributed by atoms with Crippen molar-refractivity contribution >= 4 is 5.97 Å². The van der Waals surface area contributed by atoms with Crippen molar-refractivity contribution in [3.8, 4) is 0 Å². The first-order valence-electron chi connectivity index (χ1n) is 7.44. The van der Waals surface area contributed by atoms with Crippen molar-refractivity contribution in [2.45, 2.75) is 52.9 Å². The Morgan fingerprint density at radius 1 is 1.40 bits per heavy atom. The van der Waals surface area contributed by atoms with Gasteiger partial charge in [0.2, 0.25) is 0 Å². The van der Waals surface area contributed by atoms with E-state index in [0.29, 0.717) is 19.8 Å². The molecule has 1 aliphatic heterocycles. The molecule has 1 heterocycles. The molecule has 2 atom stereocenters. The van der Waals surface area contributed by atoms with E-state index >= 15 is 0 Å². The van der Waals surface area contributed by atoms with E-state index in [4.69, 9.17) is 14.2 Å². The Labute approximate surface area is 122 Å². The molecule has 0 aliphatic carbocycles. The van der Waals surface area contributed by atoms with Gasteiger partial charge in [0.1, 0.15) is 6.04 Å². The van der Waals surface area contributed by atoms with Crippen LogP contribution >= 0.6 is 0 Å². The monoisotopic (exact) mass is 287 g/mol. The second-order valence-corrected chi connectivity index (χ2v) is 6.34. The van der Waals surface area contributed by atoms with Gasteiger partial charge in [0.15, 0.2) is 6.29 Å². The van der Waals surface area contributed by atoms with Crippen molar-refractivity contribution < 1.29 is 19.0 Å². The smallest absolute Gasteiger partial charge is 0.323 e. The summed E-state index contributed by atoms with van der Waals surface area (Å²) in [5, 5.41) is 3.25. The van der Waals surface area contributed by atoms with Crippen LogP contribution in [0.1, 0.15) is 40.5 Å². The molecule has 0 aromatic heterocycles. The lowest BCUT2D eigenvalue weighted by Gasteiger charge is -2.34. The standard InChI is InChI=1S/C15H29NO4/c1-6-11(2)13(14(17)18-5)16-8-7-12-19-9-15(3,4)10-20-12/h11-13,16H,6-10H2,1-5H3/t11-,13-/m0/s1. The van der Waals surface area contributed by atoms with Gasteiger partial charge in [-0.1, -0.05) is 34.1 Å². The average Bonchev–Trinajstić information content (AvgIpc) is 2.43. The van der Waals surface area contributed by atoms with Crippen LogP contribution in [0.2, 0.25) is 0 Å². The third kappa shape index (κ3) is 5.38. The third-order valence-corrected chi connectivity index (χ3v) is 3.73. The predicted molar refractivity (Wildman–Crippen MR) is 77.4 cm³/mol. The molecule has 0 unspecified atom stereocenters. The average molecular weight is 287 g/mol. The first-order chi connectivity index (χ1) is 9.39. The van der Waals surface area contributed by atoms with E-state index in [1.807, 2.05) is 6.92 Å². The number of hydrogen-bond donors (Lipinski definition) is 1. The van der Waals surface area contributed by atoms with Crippen LogP contribution in [-0.2, 0) is 19.0 Å². The fourth-order valence-corrected chi connectivity index (χ4v) is 2.13. The highest BCUT2D eigenvalue weighted by Crippen LogP contribution is 2.23. The number of rotatable bonds is 7. The van der Waals surface area contributed by atoms with E-state index in [9.17, 15) is 4.79 Å². The first kappa shape index (κ1) is 17.4. The maximum Gasteiger partial charge on any atom is 0.323 e.